The maximum Gasteiger partial charge on any atom is 0.298 e. The Hall–Kier alpha value is -2.69. The lowest BCUT2D eigenvalue weighted by molar-refractivity contribution is 0.380. The molecular weight excluding hydrogens is 254 g/mol. The van der Waals surface area contributed by atoms with E-state index >= 15 is 0 Å². The number of hydrogen-bond donors (Lipinski definition) is 1. The lowest BCUT2D eigenvalue weighted by Gasteiger charge is -2.06. The van der Waals surface area contributed by atoms with E-state index in [2.05, 4.69) is 15.0 Å². The standard InChI is InChI=1S/C15H13N3O2/c1-9-3-5-10(6-4-9)11-7-8-16-13-12(11)14(19)18-15(17-13)20-2/h3-8H,1-2H3,(H,16,17,18,19). The summed E-state index contributed by atoms with van der Waals surface area (Å²) in [5, 5.41) is 0.470. The highest BCUT2D eigenvalue weighted by atomic mass is 16.5. The zero-order valence-electron chi connectivity index (χ0n) is 11.2. The third-order valence-electron chi connectivity index (χ3n) is 3.14. The van der Waals surface area contributed by atoms with Crippen molar-refractivity contribution in [3.63, 3.8) is 0 Å². The number of aromatic nitrogens is 3. The first kappa shape index (κ1) is 12.3. The summed E-state index contributed by atoms with van der Waals surface area (Å²) >= 11 is 0. The Labute approximate surface area is 115 Å². The Morgan fingerprint density at radius 2 is 1.90 bits per heavy atom. The molecule has 0 aliphatic carbocycles. The average Bonchev–Trinajstić information content (AvgIpc) is 2.47. The summed E-state index contributed by atoms with van der Waals surface area (Å²) in [6.07, 6.45) is 1.64. The summed E-state index contributed by atoms with van der Waals surface area (Å²) in [5.74, 6) is 0. The molecule has 0 fully saturated rings. The molecule has 0 amide bonds. The molecule has 1 aromatic carbocycles. The monoisotopic (exact) mass is 267 g/mol. The second kappa shape index (κ2) is 4.77. The number of H-pyrrole nitrogens is 1. The van der Waals surface area contributed by atoms with Crippen LogP contribution in [-0.4, -0.2) is 22.1 Å². The Bertz CT molecular complexity index is 823. The van der Waals surface area contributed by atoms with Crippen molar-refractivity contribution in [1.82, 2.24) is 15.0 Å². The molecule has 0 aliphatic heterocycles. The Morgan fingerprint density at radius 1 is 1.15 bits per heavy atom. The van der Waals surface area contributed by atoms with Crippen molar-refractivity contribution >= 4 is 11.0 Å². The van der Waals surface area contributed by atoms with Gasteiger partial charge in [-0.25, -0.2) is 4.98 Å². The zero-order chi connectivity index (χ0) is 14.1. The highest BCUT2D eigenvalue weighted by Gasteiger charge is 2.11. The number of aryl methyl sites for hydroxylation is 1. The summed E-state index contributed by atoms with van der Waals surface area (Å²) in [7, 11) is 1.45. The highest BCUT2D eigenvalue weighted by Crippen LogP contribution is 2.24. The molecule has 20 heavy (non-hydrogen) atoms. The van der Waals surface area contributed by atoms with Crippen molar-refractivity contribution < 1.29 is 4.74 Å². The molecule has 1 N–H and O–H groups in total. The molecule has 0 aliphatic rings. The van der Waals surface area contributed by atoms with Gasteiger partial charge in [-0.05, 0) is 24.1 Å². The summed E-state index contributed by atoms with van der Waals surface area (Å²) in [4.78, 5) is 23.1. The number of rotatable bonds is 2. The largest absolute Gasteiger partial charge is 0.468 e. The summed E-state index contributed by atoms with van der Waals surface area (Å²) < 4.78 is 4.96. The van der Waals surface area contributed by atoms with Crippen LogP contribution in [0.2, 0.25) is 0 Å². The van der Waals surface area contributed by atoms with E-state index in [1.54, 1.807) is 6.20 Å². The quantitative estimate of drug-likeness (QED) is 0.773. The first-order valence-corrected chi connectivity index (χ1v) is 6.19. The number of hydrogen-bond acceptors (Lipinski definition) is 4. The molecule has 0 spiro atoms. The summed E-state index contributed by atoms with van der Waals surface area (Å²) in [6, 6.07) is 9.95. The van der Waals surface area contributed by atoms with Crippen LogP contribution in [0.1, 0.15) is 5.56 Å². The van der Waals surface area contributed by atoms with Gasteiger partial charge in [0.1, 0.15) is 0 Å². The minimum atomic E-state index is -0.254. The first-order chi connectivity index (χ1) is 9.69. The SMILES string of the molecule is COc1nc2nccc(-c3ccc(C)cc3)c2c(=O)[nH]1. The highest BCUT2D eigenvalue weighted by molar-refractivity contribution is 5.91. The molecule has 0 bridgehead atoms. The molecule has 5 heteroatoms. The van der Waals surface area contributed by atoms with Gasteiger partial charge in [-0.1, -0.05) is 29.8 Å². The van der Waals surface area contributed by atoms with Crippen LogP contribution in [0.25, 0.3) is 22.2 Å². The van der Waals surface area contributed by atoms with Gasteiger partial charge in [-0.15, -0.1) is 0 Å². The van der Waals surface area contributed by atoms with Crippen LogP contribution in [0.5, 0.6) is 6.01 Å². The smallest absolute Gasteiger partial charge is 0.298 e. The number of nitrogens with one attached hydrogen (secondary N) is 1. The average molecular weight is 267 g/mol. The second-order valence-electron chi connectivity index (χ2n) is 4.50. The number of fused-ring (bicyclic) bond motifs is 1. The Balaban J connectivity index is 2.31. The van der Waals surface area contributed by atoms with E-state index in [1.165, 1.54) is 12.7 Å². The molecule has 0 saturated carbocycles. The van der Waals surface area contributed by atoms with Crippen LogP contribution < -0.4 is 10.3 Å². The fourth-order valence-corrected chi connectivity index (χ4v) is 2.11. The maximum absolute atomic E-state index is 12.2. The predicted octanol–water partition coefficient (Wildman–Crippen LogP) is 2.30. The van der Waals surface area contributed by atoms with Crippen LogP contribution in [-0.2, 0) is 0 Å². The van der Waals surface area contributed by atoms with Gasteiger partial charge in [-0.3, -0.25) is 9.78 Å². The molecule has 2 aromatic heterocycles. The fraction of sp³-hybridized carbons (Fsp3) is 0.133. The molecule has 2 heterocycles. The van der Waals surface area contributed by atoms with Crippen LogP contribution in [0.15, 0.2) is 41.3 Å². The fourth-order valence-electron chi connectivity index (χ4n) is 2.11. The van der Waals surface area contributed by atoms with Gasteiger partial charge in [0.05, 0.1) is 12.5 Å². The predicted molar refractivity (Wildman–Crippen MR) is 76.9 cm³/mol. The number of aromatic amines is 1. The Kier molecular flexibility index (Phi) is 2.95. The second-order valence-corrected chi connectivity index (χ2v) is 4.50. The van der Waals surface area contributed by atoms with Gasteiger partial charge < -0.3 is 4.74 Å². The minimum Gasteiger partial charge on any atom is -0.468 e. The van der Waals surface area contributed by atoms with E-state index in [-0.39, 0.29) is 11.6 Å². The Morgan fingerprint density at radius 3 is 2.60 bits per heavy atom. The van der Waals surface area contributed by atoms with Gasteiger partial charge in [0, 0.05) is 6.20 Å². The lowest BCUT2D eigenvalue weighted by atomic mass is 10.0. The molecular formula is C15H13N3O2. The van der Waals surface area contributed by atoms with Crippen molar-refractivity contribution in [1.29, 1.82) is 0 Å². The topological polar surface area (TPSA) is 67.9 Å². The van der Waals surface area contributed by atoms with Gasteiger partial charge >= 0.3 is 0 Å². The lowest BCUT2D eigenvalue weighted by Crippen LogP contribution is -2.11. The van der Waals surface area contributed by atoms with E-state index in [0.717, 1.165) is 11.1 Å². The molecule has 0 radical (unpaired) electrons. The van der Waals surface area contributed by atoms with Crippen LogP contribution in [0.4, 0.5) is 0 Å². The van der Waals surface area contributed by atoms with Gasteiger partial charge in [0.25, 0.3) is 11.6 Å². The van der Waals surface area contributed by atoms with Crippen molar-refractivity contribution in [2.75, 3.05) is 7.11 Å². The van der Waals surface area contributed by atoms with E-state index in [0.29, 0.717) is 11.0 Å². The molecule has 0 atom stereocenters. The molecule has 100 valence electrons. The van der Waals surface area contributed by atoms with E-state index in [9.17, 15) is 4.79 Å². The summed E-state index contributed by atoms with van der Waals surface area (Å²) in [6.45, 7) is 2.02. The summed E-state index contributed by atoms with van der Waals surface area (Å²) in [5.41, 5.74) is 3.06. The minimum absolute atomic E-state index is 0.163. The van der Waals surface area contributed by atoms with Gasteiger partial charge in [0.2, 0.25) is 0 Å². The van der Waals surface area contributed by atoms with E-state index < -0.39 is 0 Å². The number of nitrogens with zero attached hydrogens (tertiary/aromatic N) is 2. The van der Waals surface area contributed by atoms with Crippen LogP contribution in [0.3, 0.4) is 0 Å². The van der Waals surface area contributed by atoms with Crippen molar-refractivity contribution in [2.45, 2.75) is 6.92 Å². The van der Waals surface area contributed by atoms with Crippen LogP contribution >= 0.6 is 0 Å². The third-order valence-corrected chi connectivity index (χ3v) is 3.14. The van der Waals surface area contributed by atoms with E-state index in [1.807, 2.05) is 37.3 Å². The number of ether oxygens (including phenoxy) is 1. The first-order valence-electron chi connectivity index (χ1n) is 6.19. The van der Waals surface area contributed by atoms with Crippen molar-refractivity contribution in [3.05, 3.63) is 52.4 Å². The van der Waals surface area contributed by atoms with Crippen molar-refractivity contribution in [3.8, 4) is 17.1 Å². The van der Waals surface area contributed by atoms with Gasteiger partial charge in [-0.2, -0.15) is 4.98 Å². The number of pyridine rings is 1. The molecule has 0 saturated heterocycles. The molecule has 3 rings (SSSR count). The van der Waals surface area contributed by atoms with E-state index in [4.69, 9.17) is 4.74 Å². The molecule has 0 unspecified atom stereocenters. The number of benzene rings is 1. The van der Waals surface area contributed by atoms with Gasteiger partial charge in [0.15, 0.2) is 5.65 Å². The normalized spacial score (nSPS) is 10.7. The number of methoxy groups -OCH3 is 1. The zero-order valence-corrected chi connectivity index (χ0v) is 11.2. The molecule has 5 nitrogen and oxygen atoms in total. The third kappa shape index (κ3) is 2.03. The van der Waals surface area contributed by atoms with Crippen LogP contribution in [0, 0.1) is 6.92 Å². The molecule has 3 aromatic rings. The van der Waals surface area contributed by atoms with Crippen molar-refractivity contribution in [2.24, 2.45) is 0 Å². The maximum atomic E-state index is 12.2.